The molecular weight excluding hydrogens is 370 g/mol. The van der Waals surface area contributed by atoms with Crippen molar-refractivity contribution in [2.45, 2.75) is 133 Å². The van der Waals surface area contributed by atoms with Crippen LogP contribution >= 0.6 is 11.8 Å². The zero-order valence-electron chi connectivity index (χ0n) is 19.1. The molecule has 1 nitrogen and oxygen atoms in total. The van der Waals surface area contributed by atoms with Crippen molar-refractivity contribution in [2.24, 2.45) is 5.92 Å². The van der Waals surface area contributed by atoms with Gasteiger partial charge in [-0.15, -0.1) is 11.8 Å². The van der Waals surface area contributed by atoms with Gasteiger partial charge >= 0.3 is 0 Å². The number of rotatable bonds is 18. The lowest BCUT2D eigenvalue weighted by Crippen LogP contribution is -2.05. The van der Waals surface area contributed by atoms with Crippen molar-refractivity contribution in [3.63, 3.8) is 0 Å². The van der Waals surface area contributed by atoms with Crippen molar-refractivity contribution < 1.29 is 0 Å². The van der Waals surface area contributed by atoms with E-state index in [-0.39, 0.29) is 0 Å². The Bertz CT molecular complexity index is 455. The molecule has 1 aromatic rings. The Balaban J connectivity index is 1.21. The van der Waals surface area contributed by atoms with Crippen LogP contribution in [0.5, 0.6) is 0 Å². The van der Waals surface area contributed by atoms with Gasteiger partial charge in [-0.05, 0) is 30.2 Å². The summed E-state index contributed by atoms with van der Waals surface area (Å²) in [4.78, 5) is 4.37. The second kappa shape index (κ2) is 18.3. The van der Waals surface area contributed by atoms with Crippen LogP contribution in [0.4, 0.5) is 0 Å². The van der Waals surface area contributed by atoms with Crippen molar-refractivity contribution in [2.75, 3.05) is 5.75 Å². The first kappa shape index (κ1) is 24.8. The van der Waals surface area contributed by atoms with E-state index in [4.69, 9.17) is 0 Å². The number of hydrogen-bond acceptors (Lipinski definition) is 2. The van der Waals surface area contributed by atoms with Crippen LogP contribution in [0.3, 0.4) is 0 Å². The molecule has 1 saturated carbocycles. The molecule has 1 heterocycles. The number of aromatic nitrogens is 1. The third-order valence-corrected chi connectivity index (χ3v) is 7.65. The molecule has 0 saturated heterocycles. The van der Waals surface area contributed by atoms with Crippen LogP contribution in [0, 0.1) is 5.92 Å². The van der Waals surface area contributed by atoms with E-state index >= 15 is 0 Å². The average molecular weight is 418 g/mol. The molecule has 0 unspecified atom stereocenters. The topological polar surface area (TPSA) is 12.9 Å². The minimum Gasteiger partial charge on any atom is -0.250 e. The van der Waals surface area contributed by atoms with Gasteiger partial charge in [-0.1, -0.05) is 128 Å². The highest BCUT2D eigenvalue weighted by molar-refractivity contribution is 7.99. The number of nitrogens with zero attached hydrogens (tertiary/aromatic N) is 1. The van der Waals surface area contributed by atoms with Gasteiger partial charge < -0.3 is 0 Å². The quantitative estimate of drug-likeness (QED) is 0.174. The zero-order valence-corrected chi connectivity index (χ0v) is 19.9. The smallest absolute Gasteiger partial charge is 0.0959 e. The molecular formula is C27H47NS. The largest absolute Gasteiger partial charge is 0.250 e. The van der Waals surface area contributed by atoms with Gasteiger partial charge in [-0.3, -0.25) is 0 Å². The molecule has 2 rings (SSSR count). The van der Waals surface area contributed by atoms with Gasteiger partial charge in [0.05, 0.1) is 5.03 Å². The fourth-order valence-electron chi connectivity index (χ4n) is 4.74. The average Bonchev–Trinajstić information content (AvgIpc) is 2.77. The third kappa shape index (κ3) is 14.2. The van der Waals surface area contributed by atoms with Crippen molar-refractivity contribution in [3.05, 3.63) is 24.4 Å². The van der Waals surface area contributed by atoms with Crippen LogP contribution in [0.2, 0.25) is 0 Å². The number of thioether (sulfide) groups is 1. The summed E-state index contributed by atoms with van der Waals surface area (Å²) in [6, 6.07) is 6.18. The normalized spacial score (nSPS) is 15.0. The monoisotopic (exact) mass is 417 g/mol. The molecule has 0 bridgehead atoms. The molecule has 1 aliphatic rings. The van der Waals surface area contributed by atoms with Crippen molar-refractivity contribution in [3.8, 4) is 0 Å². The summed E-state index contributed by atoms with van der Waals surface area (Å²) in [6.07, 6.45) is 31.4. The first-order valence-corrected chi connectivity index (χ1v) is 14.0. The molecule has 1 fully saturated rings. The standard InChI is InChI=1S/C27H47NS/c1(3-5-7-9-11-14-20-26-21-15-13-16-22-26)2-4-6-8-10-12-19-25-29-27-23-17-18-24-28-27/h17-18,23-24,26H,1-16,19-22,25H2. The molecule has 0 amide bonds. The van der Waals surface area contributed by atoms with E-state index in [1.165, 1.54) is 139 Å². The van der Waals surface area contributed by atoms with Gasteiger partial charge in [0.2, 0.25) is 0 Å². The molecule has 1 aromatic heterocycles. The molecule has 0 aliphatic heterocycles. The van der Waals surface area contributed by atoms with Crippen molar-refractivity contribution >= 4 is 11.8 Å². The molecule has 0 radical (unpaired) electrons. The van der Waals surface area contributed by atoms with Crippen LogP contribution in [0.25, 0.3) is 0 Å². The van der Waals surface area contributed by atoms with Gasteiger partial charge in [-0.25, -0.2) is 4.98 Å². The van der Waals surface area contributed by atoms with E-state index in [1.54, 1.807) is 0 Å². The van der Waals surface area contributed by atoms with Crippen LogP contribution in [0.1, 0.15) is 128 Å². The molecule has 0 aromatic carbocycles. The molecule has 2 heteroatoms. The summed E-state index contributed by atoms with van der Waals surface area (Å²) in [5.74, 6) is 2.31. The summed E-state index contributed by atoms with van der Waals surface area (Å²) in [5.41, 5.74) is 0. The first-order chi connectivity index (χ1) is 14.4. The summed E-state index contributed by atoms with van der Waals surface area (Å²) in [7, 11) is 0. The second-order valence-corrected chi connectivity index (χ2v) is 10.4. The Morgan fingerprint density at radius 2 is 1.21 bits per heavy atom. The van der Waals surface area contributed by atoms with Crippen molar-refractivity contribution in [1.82, 2.24) is 4.98 Å². The molecule has 0 spiro atoms. The maximum atomic E-state index is 4.37. The third-order valence-electron chi connectivity index (χ3n) is 6.62. The zero-order chi connectivity index (χ0) is 20.2. The Morgan fingerprint density at radius 3 is 1.76 bits per heavy atom. The van der Waals surface area contributed by atoms with E-state index in [0.29, 0.717) is 0 Å². The number of pyridine rings is 1. The van der Waals surface area contributed by atoms with Gasteiger partial charge in [0.25, 0.3) is 0 Å². The van der Waals surface area contributed by atoms with E-state index in [0.717, 1.165) is 5.92 Å². The lowest BCUT2D eigenvalue weighted by molar-refractivity contribution is 0.328. The summed E-state index contributed by atoms with van der Waals surface area (Å²) >= 11 is 1.90. The molecule has 166 valence electrons. The van der Waals surface area contributed by atoms with Gasteiger partial charge in [0.1, 0.15) is 0 Å². The lowest BCUT2D eigenvalue weighted by atomic mass is 9.85. The Hall–Kier alpha value is -0.500. The highest BCUT2D eigenvalue weighted by Crippen LogP contribution is 2.28. The summed E-state index contributed by atoms with van der Waals surface area (Å²) in [6.45, 7) is 0. The second-order valence-electron chi connectivity index (χ2n) is 9.26. The highest BCUT2D eigenvalue weighted by atomic mass is 32.2. The Labute approximate surface area is 186 Å². The van der Waals surface area contributed by atoms with Crippen molar-refractivity contribution in [1.29, 1.82) is 0 Å². The molecule has 29 heavy (non-hydrogen) atoms. The fourth-order valence-corrected chi connectivity index (χ4v) is 5.61. The maximum absolute atomic E-state index is 4.37. The SMILES string of the molecule is c1ccc(SCCCCCCCCCCCCCCCCC2CCCCC2)nc1. The van der Waals surface area contributed by atoms with Crippen LogP contribution in [-0.4, -0.2) is 10.7 Å². The predicted molar refractivity (Wildman–Crippen MR) is 131 cm³/mol. The van der Waals surface area contributed by atoms with Crippen LogP contribution < -0.4 is 0 Å². The van der Waals surface area contributed by atoms with E-state index in [1.807, 2.05) is 24.0 Å². The predicted octanol–water partition coefficient (Wildman–Crippen LogP) is 9.61. The lowest BCUT2D eigenvalue weighted by Gasteiger charge is -2.21. The number of hydrogen-bond donors (Lipinski definition) is 0. The first-order valence-electron chi connectivity index (χ1n) is 13.0. The Kier molecular flexibility index (Phi) is 15.6. The van der Waals surface area contributed by atoms with Crippen LogP contribution in [-0.2, 0) is 0 Å². The minimum absolute atomic E-state index is 1.09. The molecule has 1 aliphatic carbocycles. The van der Waals surface area contributed by atoms with E-state index < -0.39 is 0 Å². The van der Waals surface area contributed by atoms with Gasteiger partial charge in [0.15, 0.2) is 0 Å². The van der Waals surface area contributed by atoms with Crippen LogP contribution in [0.15, 0.2) is 29.4 Å². The fraction of sp³-hybridized carbons (Fsp3) is 0.815. The highest BCUT2D eigenvalue weighted by Gasteiger charge is 2.12. The number of unbranched alkanes of at least 4 members (excludes halogenated alkanes) is 13. The summed E-state index contributed by atoms with van der Waals surface area (Å²) in [5, 5.41) is 1.17. The van der Waals surface area contributed by atoms with E-state index in [9.17, 15) is 0 Å². The minimum atomic E-state index is 1.09. The van der Waals surface area contributed by atoms with Gasteiger partial charge in [0, 0.05) is 6.20 Å². The van der Waals surface area contributed by atoms with E-state index in [2.05, 4.69) is 17.1 Å². The summed E-state index contributed by atoms with van der Waals surface area (Å²) < 4.78 is 0. The molecule has 0 atom stereocenters. The Morgan fingerprint density at radius 1 is 0.655 bits per heavy atom. The molecule has 0 N–H and O–H groups in total. The van der Waals surface area contributed by atoms with Gasteiger partial charge in [-0.2, -0.15) is 0 Å². The maximum Gasteiger partial charge on any atom is 0.0959 e.